The van der Waals surface area contributed by atoms with Gasteiger partial charge in [-0.25, -0.2) is 4.98 Å². The van der Waals surface area contributed by atoms with Gasteiger partial charge in [-0.15, -0.1) is 0 Å². The molecule has 3 rings (SSSR count). The average Bonchev–Trinajstić information content (AvgIpc) is 2.69. The van der Waals surface area contributed by atoms with Crippen molar-refractivity contribution in [3.8, 4) is 6.07 Å². The van der Waals surface area contributed by atoms with Gasteiger partial charge in [0, 0.05) is 24.1 Å². The minimum atomic E-state index is -0.0892. The van der Waals surface area contributed by atoms with Crippen molar-refractivity contribution in [1.82, 2.24) is 4.98 Å². The van der Waals surface area contributed by atoms with Crippen LogP contribution in [0.1, 0.15) is 28.4 Å². The van der Waals surface area contributed by atoms with Gasteiger partial charge in [-0.1, -0.05) is 18.2 Å². The highest BCUT2D eigenvalue weighted by molar-refractivity contribution is 6.06. The van der Waals surface area contributed by atoms with E-state index in [1.165, 1.54) is 0 Å². The molecule has 27 heavy (non-hydrogen) atoms. The summed E-state index contributed by atoms with van der Waals surface area (Å²) in [5.41, 5.74) is 3.85. The molecule has 0 bridgehead atoms. The molecule has 3 aromatic rings. The molecule has 5 heteroatoms. The summed E-state index contributed by atoms with van der Waals surface area (Å²) in [5.74, 6) is 0.522. The molecule has 0 aliphatic carbocycles. The number of hydrogen-bond donors (Lipinski definition) is 1. The lowest BCUT2D eigenvalue weighted by molar-refractivity contribution is 0.0988. The lowest BCUT2D eigenvalue weighted by Gasteiger charge is -2.21. The molecule has 0 saturated heterocycles. The lowest BCUT2D eigenvalue weighted by Crippen LogP contribution is -2.30. The van der Waals surface area contributed by atoms with Crippen molar-refractivity contribution in [2.45, 2.75) is 13.8 Å². The minimum Gasteiger partial charge on any atom is -0.340 e. The van der Waals surface area contributed by atoms with E-state index in [9.17, 15) is 4.79 Å². The zero-order valence-electron chi connectivity index (χ0n) is 15.3. The van der Waals surface area contributed by atoms with Gasteiger partial charge < -0.3 is 10.2 Å². The predicted molar refractivity (Wildman–Crippen MR) is 107 cm³/mol. The van der Waals surface area contributed by atoms with Crippen LogP contribution in [0.2, 0.25) is 0 Å². The van der Waals surface area contributed by atoms with Gasteiger partial charge in [-0.05, 0) is 61.9 Å². The molecular formula is C22H20N4O. The Morgan fingerprint density at radius 3 is 2.63 bits per heavy atom. The van der Waals surface area contributed by atoms with Crippen molar-refractivity contribution in [2.75, 3.05) is 16.8 Å². The van der Waals surface area contributed by atoms with E-state index in [1.54, 1.807) is 41.4 Å². The Labute approximate surface area is 158 Å². The maximum Gasteiger partial charge on any atom is 0.259 e. The van der Waals surface area contributed by atoms with Crippen LogP contribution in [-0.4, -0.2) is 17.4 Å². The highest BCUT2D eigenvalue weighted by atomic mass is 16.2. The number of aromatic nitrogens is 1. The highest BCUT2D eigenvalue weighted by Gasteiger charge is 2.16. The number of carbonyl (C=O) groups is 1. The third kappa shape index (κ3) is 4.31. The topological polar surface area (TPSA) is 69.0 Å². The molecule has 134 valence electrons. The number of hydrogen-bond acceptors (Lipinski definition) is 4. The summed E-state index contributed by atoms with van der Waals surface area (Å²) in [6, 6.07) is 20.6. The number of anilines is 3. The Morgan fingerprint density at radius 2 is 1.96 bits per heavy atom. The van der Waals surface area contributed by atoms with E-state index < -0.39 is 0 Å². The molecule has 5 nitrogen and oxygen atoms in total. The summed E-state index contributed by atoms with van der Waals surface area (Å²) in [7, 11) is 0. The van der Waals surface area contributed by atoms with E-state index in [-0.39, 0.29) is 5.91 Å². The van der Waals surface area contributed by atoms with Crippen LogP contribution < -0.4 is 10.2 Å². The Balaban J connectivity index is 1.77. The van der Waals surface area contributed by atoms with Crippen molar-refractivity contribution in [2.24, 2.45) is 0 Å². The Hall–Kier alpha value is -3.65. The van der Waals surface area contributed by atoms with Crippen molar-refractivity contribution in [3.63, 3.8) is 0 Å². The summed E-state index contributed by atoms with van der Waals surface area (Å²) < 4.78 is 0. The van der Waals surface area contributed by atoms with Crippen LogP contribution in [0.4, 0.5) is 17.2 Å². The number of pyridine rings is 1. The SMILES string of the molecule is CCN(C(=O)c1ccc(Nc2cccc(C#N)c2)nc1)c1cccc(C)c1. The van der Waals surface area contributed by atoms with Crippen LogP contribution in [0.25, 0.3) is 0 Å². The van der Waals surface area contributed by atoms with Crippen LogP contribution in [0, 0.1) is 18.3 Å². The second kappa shape index (κ2) is 8.15. The monoisotopic (exact) mass is 356 g/mol. The fraction of sp³-hybridized carbons (Fsp3) is 0.136. The van der Waals surface area contributed by atoms with Gasteiger partial charge in [-0.2, -0.15) is 5.26 Å². The fourth-order valence-corrected chi connectivity index (χ4v) is 2.80. The van der Waals surface area contributed by atoms with Gasteiger partial charge in [0.1, 0.15) is 5.82 Å². The Morgan fingerprint density at radius 1 is 1.15 bits per heavy atom. The molecule has 0 aliphatic rings. The van der Waals surface area contributed by atoms with Crippen LogP contribution in [-0.2, 0) is 0 Å². The molecule has 1 heterocycles. The largest absolute Gasteiger partial charge is 0.340 e. The first kappa shape index (κ1) is 18.2. The molecular weight excluding hydrogens is 336 g/mol. The van der Waals surface area contributed by atoms with E-state index in [0.717, 1.165) is 16.9 Å². The number of nitrogens with one attached hydrogen (secondary N) is 1. The van der Waals surface area contributed by atoms with Gasteiger partial charge in [0.2, 0.25) is 0 Å². The Bertz CT molecular complexity index is 990. The van der Waals surface area contributed by atoms with Gasteiger partial charge in [0.25, 0.3) is 5.91 Å². The molecule has 0 unspecified atom stereocenters. The Kier molecular flexibility index (Phi) is 5.48. The first-order valence-corrected chi connectivity index (χ1v) is 8.72. The third-order valence-electron chi connectivity index (χ3n) is 4.15. The molecule has 0 fully saturated rings. The van der Waals surface area contributed by atoms with Crippen molar-refractivity contribution < 1.29 is 4.79 Å². The summed E-state index contributed by atoms with van der Waals surface area (Å²) >= 11 is 0. The molecule has 0 radical (unpaired) electrons. The van der Waals surface area contributed by atoms with Crippen molar-refractivity contribution >= 4 is 23.1 Å². The first-order valence-electron chi connectivity index (χ1n) is 8.72. The van der Waals surface area contributed by atoms with Crippen molar-refractivity contribution in [3.05, 3.63) is 83.6 Å². The first-order chi connectivity index (χ1) is 13.1. The molecule has 1 aromatic heterocycles. The van der Waals surface area contributed by atoms with E-state index in [0.29, 0.717) is 23.5 Å². The smallest absolute Gasteiger partial charge is 0.259 e. The lowest BCUT2D eigenvalue weighted by atomic mass is 10.1. The number of rotatable bonds is 5. The summed E-state index contributed by atoms with van der Waals surface area (Å²) in [6.45, 7) is 4.53. The zero-order chi connectivity index (χ0) is 19.2. The predicted octanol–water partition coefficient (Wildman–Crippen LogP) is 4.67. The summed E-state index contributed by atoms with van der Waals surface area (Å²) in [4.78, 5) is 18.9. The average molecular weight is 356 g/mol. The van der Waals surface area contributed by atoms with E-state index in [4.69, 9.17) is 5.26 Å². The molecule has 2 aromatic carbocycles. The molecule has 0 aliphatic heterocycles. The number of carbonyl (C=O) groups excluding carboxylic acids is 1. The van der Waals surface area contributed by atoms with Crippen LogP contribution in [0.15, 0.2) is 66.9 Å². The summed E-state index contributed by atoms with van der Waals surface area (Å²) in [5, 5.41) is 12.1. The molecule has 1 N–H and O–H groups in total. The van der Waals surface area contributed by atoms with E-state index >= 15 is 0 Å². The number of amides is 1. The van der Waals surface area contributed by atoms with Crippen LogP contribution >= 0.6 is 0 Å². The number of nitrogens with zero attached hydrogens (tertiary/aromatic N) is 3. The standard InChI is InChI=1S/C22H20N4O/c1-3-26(20-9-4-6-16(2)12-20)22(27)18-10-11-21(24-15-18)25-19-8-5-7-17(13-19)14-23/h4-13,15H,3H2,1-2H3,(H,24,25). The maximum atomic E-state index is 12.9. The van der Waals surface area contributed by atoms with Crippen LogP contribution in [0.5, 0.6) is 0 Å². The third-order valence-corrected chi connectivity index (χ3v) is 4.15. The molecule has 0 atom stereocenters. The highest BCUT2D eigenvalue weighted by Crippen LogP contribution is 2.20. The van der Waals surface area contributed by atoms with Gasteiger partial charge in [0.05, 0.1) is 17.2 Å². The van der Waals surface area contributed by atoms with Gasteiger partial charge >= 0.3 is 0 Å². The van der Waals surface area contributed by atoms with E-state index in [1.807, 2.05) is 44.2 Å². The van der Waals surface area contributed by atoms with E-state index in [2.05, 4.69) is 16.4 Å². The molecule has 0 saturated carbocycles. The second-order valence-electron chi connectivity index (χ2n) is 6.14. The number of aryl methyl sites for hydroxylation is 1. The quantitative estimate of drug-likeness (QED) is 0.721. The summed E-state index contributed by atoms with van der Waals surface area (Å²) in [6.07, 6.45) is 1.57. The van der Waals surface area contributed by atoms with Gasteiger partial charge in [-0.3, -0.25) is 4.79 Å². The van der Waals surface area contributed by atoms with Crippen molar-refractivity contribution in [1.29, 1.82) is 5.26 Å². The molecule has 0 spiro atoms. The normalized spacial score (nSPS) is 10.1. The fourth-order valence-electron chi connectivity index (χ4n) is 2.80. The molecule has 1 amide bonds. The zero-order valence-corrected chi connectivity index (χ0v) is 15.3. The minimum absolute atomic E-state index is 0.0892. The maximum absolute atomic E-state index is 12.9. The number of benzene rings is 2. The number of nitriles is 1. The van der Waals surface area contributed by atoms with Crippen LogP contribution in [0.3, 0.4) is 0 Å². The second-order valence-corrected chi connectivity index (χ2v) is 6.14. The van der Waals surface area contributed by atoms with Gasteiger partial charge in [0.15, 0.2) is 0 Å².